The van der Waals surface area contributed by atoms with Crippen LogP contribution in [0.2, 0.25) is 0 Å². The Morgan fingerprint density at radius 1 is 1.40 bits per heavy atom. The zero-order chi connectivity index (χ0) is 10.8. The van der Waals surface area contributed by atoms with Crippen LogP contribution in [0.3, 0.4) is 0 Å². The Balaban J connectivity index is 1.91. The minimum absolute atomic E-state index is 0.167. The van der Waals surface area contributed by atoms with E-state index >= 15 is 0 Å². The van der Waals surface area contributed by atoms with Gasteiger partial charge in [-0.2, -0.15) is 0 Å². The SMILES string of the molecule is CC1CCC(C(=O)N(CCBr)C2CC2)O1. The first-order valence-electron chi connectivity index (χ1n) is 5.74. The molecule has 1 saturated carbocycles. The van der Waals surface area contributed by atoms with Crippen molar-refractivity contribution in [2.45, 2.75) is 50.9 Å². The Kier molecular flexibility index (Phi) is 3.67. The maximum Gasteiger partial charge on any atom is 0.251 e. The van der Waals surface area contributed by atoms with Crippen molar-refractivity contribution in [1.82, 2.24) is 4.90 Å². The summed E-state index contributed by atoms with van der Waals surface area (Å²) < 4.78 is 5.62. The monoisotopic (exact) mass is 275 g/mol. The Morgan fingerprint density at radius 2 is 2.13 bits per heavy atom. The molecule has 0 aromatic carbocycles. The van der Waals surface area contributed by atoms with E-state index < -0.39 is 0 Å². The topological polar surface area (TPSA) is 29.5 Å². The number of rotatable bonds is 4. The highest BCUT2D eigenvalue weighted by atomic mass is 79.9. The van der Waals surface area contributed by atoms with E-state index in [4.69, 9.17) is 4.74 Å². The third-order valence-corrected chi connectivity index (χ3v) is 3.46. The van der Waals surface area contributed by atoms with Crippen molar-refractivity contribution >= 4 is 21.8 Å². The Bertz CT molecular complexity index is 243. The molecule has 1 heterocycles. The standard InChI is InChI=1S/C11H18BrNO2/c1-8-2-5-10(15-8)11(14)13(7-6-12)9-3-4-9/h8-10H,2-7H2,1H3. The van der Waals surface area contributed by atoms with Gasteiger partial charge in [0.05, 0.1) is 6.10 Å². The molecule has 2 aliphatic rings. The Morgan fingerprint density at radius 3 is 2.60 bits per heavy atom. The number of hydrogen-bond donors (Lipinski definition) is 0. The zero-order valence-corrected chi connectivity index (χ0v) is 10.7. The summed E-state index contributed by atoms with van der Waals surface area (Å²) in [6.07, 6.45) is 4.33. The van der Waals surface area contributed by atoms with E-state index in [1.165, 1.54) is 12.8 Å². The summed E-state index contributed by atoms with van der Waals surface area (Å²) in [4.78, 5) is 14.1. The zero-order valence-electron chi connectivity index (χ0n) is 9.12. The molecule has 3 nitrogen and oxygen atoms in total. The molecule has 4 heteroatoms. The van der Waals surface area contributed by atoms with E-state index in [9.17, 15) is 4.79 Å². The summed E-state index contributed by atoms with van der Waals surface area (Å²) in [5.41, 5.74) is 0. The van der Waals surface area contributed by atoms with E-state index in [-0.39, 0.29) is 18.1 Å². The van der Waals surface area contributed by atoms with Gasteiger partial charge >= 0.3 is 0 Å². The number of halogens is 1. The average molecular weight is 276 g/mol. The van der Waals surface area contributed by atoms with Crippen molar-refractivity contribution < 1.29 is 9.53 Å². The fraction of sp³-hybridized carbons (Fsp3) is 0.909. The average Bonchev–Trinajstić information content (AvgIpc) is 2.96. The highest BCUT2D eigenvalue weighted by Gasteiger charge is 2.38. The number of carbonyl (C=O) groups excluding carboxylic acids is 1. The van der Waals surface area contributed by atoms with Gasteiger partial charge in [-0.1, -0.05) is 15.9 Å². The Labute approximate surface area is 99.3 Å². The molecule has 0 spiro atoms. The largest absolute Gasteiger partial charge is 0.365 e. The van der Waals surface area contributed by atoms with Gasteiger partial charge in [-0.3, -0.25) is 4.79 Å². The predicted molar refractivity (Wildman–Crippen MR) is 62.1 cm³/mol. The molecule has 2 atom stereocenters. The molecule has 0 N–H and O–H groups in total. The van der Waals surface area contributed by atoms with Gasteiger partial charge in [0.2, 0.25) is 0 Å². The molecule has 0 bridgehead atoms. The van der Waals surface area contributed by atoms with Crippen LogP contribution in [0.5, 0.6) is 0 Å². The van der Waals surface area contributed by atoms with Gasteiger partial charge in [-0.25, -0.2) is 0 Å². The second kappa shape index (κ2) is 4.83. The summed E-state index contributed by atoms with van der Waals surface area (Å²) in [5.74, 6) is 0.210. The van der Waals surface area contributed by atoms with Crippen molar-refractivity contribution in [3.8, 4) is 0 Å². The summed E-state index contributed by atoms with van der Waals surface area (Å²) in [6.45, 7) is 2.86. The number of amides is 1. The first-order chi connectivity index (χ1) is 7.22. The van der Waals surface area contributed by atoms with Crippen LogP contribution >= 0.6 is 15.9 Å². The number of ether oxygens (including phenoxy) is 1. The maximum atomic E-state index is 12.1. The van der Waals surface area contributed by atoms with Crippen LogP contribution in [0, 0.1) is 0 Å². The van der Waals surface area contributed by atoms with Crippen LogP contribution < -0.4 is 0 Å². The molecule has 86 valence electrons. The van der Waals surface area contributed by atoms with Gasteiger partial charge < -0.3 is 9.64 Å². The van der Waals surface area contributed by atoms with Gasteiger partial charge in [0.15, 0.2) is 0 Å². The third kappa shape index (κ3) is 2.72. The van der Waals surface area contributed by atoms with Crippen LogP contribution in [0.15, 0.2) is 0 Å². The van der Waals surface area contributed by atoms with Gasteiger partial charge in [-0.15, -0.1) is 0 Å². The lowest BCUT2D eigenvalue weighted by Gasteiger charge is -2.24. The van der Waals surface area contributed by atoms with Crippen molar-refractivity contribution in [3.05, 3.63) is 0 Å². The van der Waals surface area contributed by atoms with Crippen molar-refractivity contribution in [2.75, 3.05) is 11.9 Å². The molecular formula is C11H18BrNO2. The summed E-state index contributed by atoms with van der Waals surface area (Å²) in [7, 11) is 0. The van der Waals surface area contributed by atoms with Crippen molar-refractivity contribution in [3.63, 3.8) is 0 Å². The Hall–Kier alpha value is -0.0900. The molecule has 1 saturated heterocycles. The lowest BCUT2D eigenvalue weighted by Crippen LogP contribution is -2.41. The lowest BCUT2D eigenvalue weighted by molar-refractivity contribution is -0.142. The summed E-state index contributed by atoms with van der Waals surface area (Å²) in [5, 5.41) is 0.859. The van der Waals surface area contributed by atoms with E-state index in [1.807, 2.05) is 11.8 Å². The molecule has 0 radical (unpaired) electrons. The normalized spacial score (nSPS) is 30.5. The maximum absolute atomic E-state index is 12.1. The number of carbonyl (C=O) groups is 1. The molecule has 2 unspecified atom stereocenters. The van der Waals surface area contributed by atoms with Gasteiger partial charge in [-0.05, 0) is 32.6 Å². The number of nitrogens with zero attached hydrogens (tertiary/aromatic N) is 1. The molecule has 1 amide bonds. The van der Waals surface area contributed by atoms with E-state index in [2.05, 4.69) is 15.9 Å². The third-order valence-electron chi connectivity index (χ3n) is 3.10. The van der Waals surface area contributed by atoms with Gasteiger partial charge in [0, 0.05) is 17.9 Å². The second-order valence-electron chi connectivity index (χ2n) is 4.46. The van der Waals surface area contributed by atoms with E-state index in [1.54, 1.807) is 0 Å². The predicted octanol–water partition coefficient (Wildman–Crippen LogP) is 1.94. The fourth-order valence-electron chi connectivity index (χ4n) is 2.12. The molecule has 2 fully saturated rings. The van der Waals surface area contributed by atoms with Crippen LogP contribution in [-0.4, -0.2) is 40.9 Å². The highest BCUT2D eigenvalue weighted by molar-refractivity contribution is 9.09. The summed E-state index contributed by atoms with van der Waals surface area (Å²) in [6, 6.07) is 0.495. The first kappa shape index (κ1) is 11.4. The highest BCUT2D eigenvalue weighted by Crippen LogP contribution is 2.30. The quantitative estimate of drug-likeness (QED) is 0.734. The summed E-state index contributed by atoms with van der Waals surface area (Å²) >= 11 is 3.40. The molecule has 15 heavy (non-hydrogen) atoms. The first-order valence-corrected chi connectivity index (χ1v) is 6.86. The van der Waals surface area contributed by atoms with E-state index in [0.717, 1.165) is 24.7 Å². The molecule has 0 aromatic heterocycles. The molecule has 0 aromatic rings. The van der Waals surface area contributed by atoms with Crippen LogP contribution in [-0.2, 0) is 9.53 Å². The molecule has 2 rings (SSSR count). The number of alkyl halides is 1. The smallest absolute Gasteiger partial charge is 0.251 e. The molecule has 1 aliphatic heterocycles. The fourth-order valence-corrected chi connectivity index (χ4v) is 2.50. The van der Waals surface area contributed by atoms with Crippen LogP contribution in [0.4, 0.5) is 0 Å². The lowest BCUT2D eigenvalue weighted by atomic mass is 10.2. The van der Waals surface area contributed by atoms with Crippen LogP contribution in [0.1, 0.15) is 32.6 Å². The molecule has 1 aliphatic carbocycles. The van der Waals surface area contributed by atoms with Gasteiger partial charge in [0.25, 0.3) is 5.91 Å². The van der Waals surface area contributed by atoms with Crippen molar-refractivity contribution in [1.29, 1.82) is 0 Å². The number of hydrogen-bond acceptors (Lipinski definition) is 2. The minimum atomic E-state index is -0.167. The minimum Gasteiger partial charge on any atom is -0.365 e. The van der Waals surface area contributed by atoms with Gasteiger partial charge in [0.1, 0.15) is 6.10 Å². The van der Waals surface area contributed by atoms with E-state index in [0.29, 0.717) is 6.04 Å². The van der Waals surface area contributed by atoms with Crippen molar-refractivity contribution in [2.24, 2.45) is 0 Å². The van der Waals surface area contributed by atoms with Crippen LogP contribution in [0.25, 0.3) is 0 Å². The second-order valence-corrected chi connectivity index (χ2v) is 5.26. The molecular weight excluding hydrogens is 258 g/mol.